The summed E-state index contributed by atoms with van der Waals surface area (Å²) in [6, 6.07) is 14.1. The van der Waals surface area contributed by atoms with E-state index in [0.717, 1.165) is 22.8 Å². The number of methoxy groups -OCH3 is 1. The van der Waals surface area contributed by atoms with Gasteiger partial charge in [-0.3, -0.25) is 0 Å². The van der Waals surface area contributed by atoms with E-state index >= 15 is 0 Å². The van der Waals surface area contributed by atoms with Gasteiger partial charge in [0.2, 0.25) is 0 Å². The number of hydrogen-bond donors (Lipinski definition) is 1. The van der Waals surface area contributed by atoms with Gasteiger partial charge in [0, 0.05) is 10.6 Å². The van der Waals surface area contributed by atoms with Crippen LogP contribution >= 0.6 is 11.6 Å². The summed E-state index contributed by atoms with van der Waals surface area (Å²) in [5.74, 6) is 1.48. The summed E-state index contributed by atoms with van der Waals surface area (Å²) in [6.07, 6.45) is 3.99. The van der Waals surface area contributed by atoms with Crippen LogP contribution in [0.2, 0.25) is 5.02 Å². The highest BCUT2D eigenvalue weighted by Crippen LogP contribution is 2.37. The van der Waals surface area contributed by atoms with E-state index in [1.54, 1.807) is 13.2 Å². The predicted molar refractivity (Wildman–Crippen MR) is 87.1 cm³/mol. The van der Waals surface area contributed by atoms with Gasteiger partial charge in [0.25, 0.3) is 0 Å². The third kappa shape index (κ3) is 2.92. The Bertz CT molecular complexity index is 620. The van der Waals surface area contributed by atoms with E-state index in [4.69, 9.17) is 22.1 Å². The molecule has 2 aromatic carbocycles. The van der Waals surface area contributed by atoms with Crippen LogP contribution in [0.4, 0.5) is 0 Å². The largest absolute Gasteiger partial charge is 0.496 e. The van der Waals surface area contributed by atoms with Crippen molar-refractivity contribution in [3.63, 3.8) is 0 Å². The lowest BCUT2D eigenvalue weighted by atomic mass is 9.79. The van der Waals surface area contributed by atoms with Crippen LogP contribution in [0.25, 0.3) is 0 Å². The van der Waals surface area contributed by atoms with Crippen LogP contribution in [0, 0.1) is 0 Å². The molecule has 0 heterocycles. The standard InChI is InChI=1S/C18H20ClNO/c1-21-17-11-15(19)9-10-16(17)18(20)14-7-5-13(6-8-14)12-3-2-4-12/h5-12,18H,2-4,20H2,1H3. The molecule has 3 heteroatoms. The smallest absolute Gasteiger partial charge is 0.125 e. The third-order valence-electron chi connectivity index (χ3n) is 4.40. The van der Waals surface area contributed by atoms with Crippen molar-refractivity contribution in [1.29, 1.82) is 0 Å². The first-order chi connectivity index (χ1) is 10.2. The summed E-state index contributed by atoms with van der Waals surface area (Å²) in [5.41, 5.74) is 9.88. The van der Waals surface area contributed by atoms with Gasteiger partial charge in [-0.15, -0.1) is 0 Å². The van der Waals surface area contributed by atoms with Gasteiger partial charge in [0.05, 0.1) is 13.2 Å². The molecular weight excluding hydrogens is 282 g/mol. The van der Waals surface area contributed by atoms with Gasteiger partial charge in [-0.25, -0.2) is 0 Å². The maximum atomic E-state index is 6.39. The molecule has 1 atom stereocenters. The van der Waals surface area contributed by atoms with E-state index in [1.807, 2.05) is 12.1 Å². The summed E-state index contributed by atoms with van der Waals surface area (Å²) in [5, 5.41) is 0.656. The molecule has 1 aliphatic rings. The van der Waals surface area contributed by atoms with E-state index in [-0.39, 0.29) is 6.04 Å². The fourth-order valence-corrected chi connectivity index (χ4v) is 3.00. The molecule has 2 nitrogen and oxygen atoms in total. The minimum absolute atomic E-state index is 0.201. The third-order valence-corrected chi connectivity index (χ3v) is 4.64. The van der Waals surface area contributed by atoms with Crippen LogP contribution in [-0.4, -0.2) is 7.11 Å². The van der Waals surface area contributed by atoms with E-state index < -0.39 is 0 Å². The van der Waals surface area contributed by atoms with Crippen molar-refractivity contribution >= 4 is 11.6 Å². The average Bonchev–Trinajstić information content (AvgIpc) is 2.45. The minimum Gasteiger partial charge on any atom is -0.496 e. The van der Waals surface area contributed by atoms with E-state index in [2.05, 4.69) is 24.3 Å². The molecule has 0 aliphatic heterocycles. The average molecular weight is 302 g/mol. The maximum absolute atomic E-state index is 6.39. The van der Waals surface area contributed by atoms with Crippen molar-refractivity contribution in [2.24, 2.45) is 5.73 Å². The van der Waals surface area contributed by atoms with Gasteiger partial charge in [0.15, 0.2) is 0 Å². The van der Waals surface area contributed by atoms with Crippen molar-refractivity contribution < 1.29 is 4.74 Å². The van der Waals surface area contributed by atoms with Gasteiger partial charge in [-0.1, -0.05) is 48.4 Å². The second-order valence-electron chi connectivity index (χ2n) is 5.66. The van der Waals surface area contributed by atoms with Crippen LogP contribution in [0.5, 0.6) is 5.75 Å². The molecule has 2 aromatic rings. The number of rotatable bonds is 4. The predicted octanol–water partition coefficient (Wildman–Crippen LogP) is 4.66. The zero-order valence-electron chi connectivity index (χ0n) is 12.2. The van der Waals surface area contributed by atoms with Crippen LogP contribution in [0.1, 0.15) is 47.9 Å². The van der Waals surface area contributed by atoms with Gasteiger partial charge in [-0.2, -0.15) is 0 Å². The Labute approximate surface area is 130 Å². The lowest BCUT2D eigenvalue weighted by molar-refractivity contribution is 0.408. The monoisotopic (exact) mass is 301 g/mol. The van der Waals surface area contributed by atoms with Crippen molar-refractivity contribution in [2.45, 2.75) is 31.2 Å². The van der Waals surface area contributed by atoms with Crippen LogP contribution in [0.3, 0.4) is 0 Å². The number of benzene rings is 2. The second-order valence-corrected chi connectivity index (χ2v) is 6.09. The van der Waals surface area contributed by atoms with Crippen molar-refractivity contribution in [3.05, 3.63) is 64.2 Å². The highest BCUT2D eigenvalue weighted by Gasteiger charge is 2.20. The first-order valence-corrected chi connectivity index (χ1v) is 7.75. The Morgan fingerprint density at radius 1 is 1.14 bits per heavy atom. The van der Waals surface area contributed by atoms with Crippen LogP contribution in [0.15, 0.2) is 42.5 Å². The molecule has 0 amide bonds. The first kappa shape index (κ1) is 14.4. The maximum Gasteiger partial charge on any atom is 0.125 e. The molecular formula is C18H20ClNO. The summed E-state index contributed by atoms with van der Waals surface area (Å²) < 4.78 is 5.39. The molecule has 2 N–H and O–H groups in total. The molecule has 0 bridgehead atoms. The molecule has 110 valence electrons. The molecule has 1 saturated carbocycles. The Morgan fingerprint density at radius 3 is 2.43 bits per heavy atom. The van der Waals surface area contributed by atoms with Crippen molar-refractivity contribution in [3.8, 4) is 5.75 Å². The molecule has 0 aromatic heterocycles. The Kier molecular flexibility index (Phi) is 4.18. The number of nitrogens with two attached hydrogens (primary N) is 1. The molecule has 21 heavy (non-hydrogen) atoms. The van der Waals surface area contributed by atoms with E-state index in [9.17, 15) is 0 Å². The topological polar surface area (TPSA) is 35.2 Å². The van der Waals surface area contributed by atoms with Crippen LogP contribution in [-0.2, 0) is 0 Å². The lowest BCUT2D eigenvalue weighted by Crippen LogP contribution is -2.14. The molecule has 0 spiro atoms. The zero-order chi connectivity index (χ0) is 14.8. The zero-order valence-corrected chi connectivity index (χ0v) is 12.9. The fraction of sp³-hybridized carbons (Fsp3) is 0.333. The molecule has 1 aliphatic carbocycles. The number of hydrogen-bond acceptors (Lipinski definition) is 2. The summed E-state index contributed by atoms with van der Waals surface area (Å²) in [7, 11) is 1.64. The fourth-order valence-electron chi connectivity index (χ4n) is 2.84. The summed E-state index contributed by atoms with van der Waals surface area (Å²) >= 11 is 6.00. The second kappa shape index (κ2) is 6.08. The van der Waals surface area contributed by atoms with Gasteiger partial charge < -0.3 is 10.5 Å². The van der Waals surface area contributed by atoms with Gasteiger partial charge in [-0.05, 0) is 42.0 Å². The molecule has 1 unspecified atom stereocenters. The quantitative estimate of drug-likeness (QED) is 0.891. The highest BCUT2D eigenvalue weighted by molar-refractivity contribution is 6.30. The Hall–Kier alpha value is -1.51. The van der Waals surface area contributed by atoms with Crippen LogP contribution < -0.4 is 10.5 Å². The molecule has 3 rings (SSSR count). The number of ether oxygens (including phenoxy) is 1. The Morgan fingerprint density at radius 2 is 1.86 bits per heavy atom. The molecule has 0 saturated heterocycles. The van der Waals surface area contributed by atoms with Gasteiger partial charge in [0.1, 0.15) is 5.75 Å². The first-order valence-electron chi connectivity index (χ1n) is 7.38. The van der Waals surface area contributed by atoms with Crippen molar-refractivity contribution in [1.82, 2.24) is 0 Å². The summed E-state index contributed by atoms with van der Waals surface area (Å²) in [4.78, 5) is 0. The van der Waals surface area contributed by atoms with E-state index in [1.165, 1.54) is 24.8 Å². The normalized spacial score (nSPS) is 16.3. The lowest BCUT2D eigenvalue weighted by Gasteiger charge is -2.26. The van der Waals surface area contributed by atoms with Gasteiger partial charge >= 0.3 is 0 Å². The molecule has 1 fully saturated rings. The highest BCUT2D eigenvalue weighted by atomic mass is 35.5. The minimum atomic E-state index is -0.201. The SMILES string of the molecule is COc1cc(Cl)ccc1C(N)c1ccc(C2CCC2)cc1. The van der Waals surface area contributed by atoms with Crippen molar-refractivity contribution in [2.75, 3.05) is 7.11 Å². The molecule has 0 radical (unpaired) electrons. The number of halogens is 1. The summed E-state index contributed by atoms with van der Waals surface area (Å²) in [6.45, 7) is 0. The van der Waals surface area contributed by atoms with E-state index in [0.29, 0.717) is 5.02 Å². The Balaban J connectivity index is 1.85.